The van der Waals surface area contributed by atoms with Crippen LogP contribution in [0.15, 0.2) is 24.3 Å². The van der Waals surface area contributed by atoms with Gasteiger partial charge in [0.05, 0.1) is 11.2 Å². The van der Waals surface area contributed by atoms with Gasteiger partial charge in [-0.25, -0.2) is 4.79 Å². The molecule has 0 aliphatic rings. The molecule has 4 heteroatoms. The molecular formula is C15H25NO3. The summed E-state index contributed by atoms with van der Waals surface area (Å²) in [5.41, 5.74) is 5.52. The van der Waals surface area contributed by atoms with Crippen molar-refractivity contribution in [2.24, 2.45) is 0 Å². The highest BCUT2D eigenvalue weighted by molar-refractivity contribution is 5.95. The Balaban J connectivity index is 0.000000555. The van der Waals surface area contributed by atoms with Crippen LogP contribution in [-0.2, 0) is 4.74 Å². The monoisotopic (exact) mass is 267 g/mol. The van der Waals surface area contributed by atoms with Crippen molar-refractivity contribution in [3.8, 4) is 0 Å². The van der Waals surface area contributed by atoms with Gasteiger partial charge in [0.2, 0.25) is 0 Å². The summed E-state index contributed by atoms with van der Waals surface area (Å²) in [7, 11) is 0. The highest BCUT2D eigenvalue weighted by atomic mass is 16.6. The molecule has 0 aromatic heterocycles. The number of benzene rings is 1. The van der Waals surface area contributed by atoms with Gasteiger partial charge in [0.25, 0.3) is 0 Å². The number of esters is 1. The minimum atomic E-state index is -0.500. The topological polar surface area (TPSA) is 72.5 Å². The van der Waals surface area contributed by atoms with E-state index in [0.29, 0.717) is 11.3 Å². The summed E-state index contributed by atoms with van der Waals surface area (Å²) in [5.74, 6) is -0.379. The molecule has 0 fully saturated rings. The smallest absolute Gasteiger partial charge is 0.340 e. The highest BCUT2D eigenvalue weighted by Gasteiger charge is 2.18. The average molecular weight is 267 g/mol. The molecule has 3 N–H and O–H groups in total. The van der Waals surface area contributed by atoms with E-state index in [-0.39, 0.29) is 5.97 Å². The second-order valence-corrected chi connectivity index (χ2v) is 6.26. The first-order chi connectivity index (χ1) is 8.40. The van der Waals surface area contributed by atoms with Crippen molar-refractivity contribution in [1.29, 1.82) is 0 Å². The third-order valence-electron chi connectivity index (χ3n) is 1.58. The molecule has 0 radical (unpaired) electrons. The second-order valence-electron chi connectivity index (χ2n) is 6.26. The van der Waals surface area contributed by atoms with Gasteiger partial charge in [0, 0.05) is 5.69 Å². The van der Waals surface area contributed by atoms with Crippen LogP contribution in [0.1, 0.15) is 51.9 Å². The summed E-state index contributed by atoms with van der Waals surface area (Å²) in [4.78, 5) is 11.6. The summed E-state index contributed by atoms with van der Waals surface area (Å²) in [5, 5.41) is 8.52. The van der Waals surface area contributed by atoms with Crippen LogP contribution in [0.4, 0.5) is 5.69 Å². The standard InChI is InChI=1S/C11H15NO2.C4H10O/c1-11(2,3)14-10(13)8-6-4-5-7-9(8)12;1-4(2,3)5/h4-7H,12H2,1-3H3;5H,1-3H3. The molecule has 0 amide bonds. The van der Waals surface area contributed by atoms with Crippen LogP contribution in [0.2, 0.25) is 0 Å². The van der Waals surface area contributed by atoms with E-state index in [2.05, 4.69) is 0 Å². The molecule has 0 saturated heterocycles. The van der Waals surface area contributed by atoms with Crippen LogP contribution in [-0.4, -0.2) is 22.3 Å². The van der Waals surface area contributed by atoms with E-state index in [9.17, 15) is 4.79 Å². The van der Waals surface area contributed by atoms with Crippen molar-refractivity contribution >= 4 is 11.7 Å². The van der Waals surface area contributed by atoms with Crippen molar-refractivity contribution in [2.75, 3.05) is 5.73 Å². The maximum atomic E-state index is 11.6. The minimum Gasteiger partial charge on any atom is -0.456 e. The molecule has 0 bridgehead atoms. The third kappa shape index (κ3) is 10.1. The summed E-state index contributed by atoms with van der Waals surface area (Å²) in [6.07, 6.45) is 0. The Morgan fingerprint density at radius 2 is 1.53 bits per heavy atom. The van der Waals surface area contributed by atoms with Crippen molar-refractivity contribution in [3.05, 3.63) is 29.8 Å². The molecule has 0 saturated carbocycles. The number of para-hydroxylation sites is 1. The third-order valence-corrected chi connectivity index (χ3v) is 1.58. The molecule has 0 aliphatic heterocycles. The molecule has 0 heterocycles. The van der Waals surface area contributed by atoms with Crippen LogP contribution in [0, 0.1) is 0 Å². The number of aliphatic hydroxyl groups is 1. The number of nitrogen functional groups attached to an aromatic ring is 1. The summed E-state index contributed by atoms with van der Waals surface area (Å²) in [6, 6.07) is 6.88. The molecule has 1 aromatic rings. The van der Waals surface area contributed by atoms with E-state index in [0.717, 1.165) is 0 Å². The van der Waals surface area contributed by atoms with Gasteiger partial charge in [-0.2, -0.15) is 0 Å². The maximum Gasteiger partial charge on any atom is 0.340 e. The Bertz CT molecular complexity index is 408. The van der Waals surface area contributed by atoms with Crippen LogP contribution in [0.25, 0.3) is 0 Å². The lowest BCUT2D eigenvalue weighted by Crippen LogP contribution is -2.24. The summed E-state index contributed by atoms with van der Waals surface area (Å²) in [6.45, 7) is 10.7. The quantitative estimate of drug-likeness (QED) is 0.606. The number of hydrogen-bond acceptors (Lipinski definition) is 4. The lowest BCUT2D eigenvalue weighted by Gasteiger charge is -2.19. The molecular weight excluding hydrogens is 242 g/mol. The number of carbonyl (C=O) groups is 1. The fourth-order valence-electron chi connectivity index (χ4n) is 1.02. The molecule has 1 aromatic carbocycles. The number of anilines is 1. The molecule has 0 spiro atoms. The lowest BCUT2D eigenvalue weighted by atomic mass is 10.1. The predicted octanol–water partition coefficient (Wildman–Crippen LogP) is 3.00. The Kier molecular flexibility index (Phi) is 6.03. The van der Waals surface area contributed by atoms with Gasteiger partial charge >= 0.3 is 5.97 Å². The number of nitrogens with two attached hydrogens (primary N) is 1. The van der Waals surface area contributed by atoms with Gasteiger partial charge in [0.15, 0.2) is 0 Å². The number of hydrogen-bond donors (Lipinski definition) is 2. The van der Waals surface area contributed by atoms with Gasteiger partial charge in [-0.15, -0.1) is 0 Å². The van der Waals surface area contributed by atoms with Crippen molar-refractivity contribution in [1.82, 2.24) is 0 Å². The fourth-order valence-corrected chi connectivity index (χ4v) is 1.02. The van der Waals surface area contributed by atoms with E-state index < -0.39 is 11.2 Å². The van der Waals surface area contributed by atoms with Gasteiger partial charge in [-0.3, -0.25) is 0 Å². The SMILES string of the molecule is CC(C)(C)O.CC(C)(C)OC(=O)c1ccccc1N. The summed E-state index contributed by atoms with van der Waals surface area (Å²) >= 11 is 0. The molecule has 0 atom stereocenters. The zero-order valence-electron chi connectivity index (χ0n) is 12.7. The zero-order chi connectivity index (χ0) is 15.3. The van der Waals surface area contributed by atoms with Crippen LogP contribution in [0.5, 0.6) is 0 Å². The molecule has 4 nitrogen and oxygen atoms in total. The Labute approximate surface area is 115 Å². The minimum absolute atomic E-state index is 0.379. The van der Waals surface area contributed by atoms with Crippen LogP contribution in [0.3, 0.4) is 0 Å². The molecule has 0 unspecified atom stereocenters. The Morgan fingerprint density at radius 3 is 1.89 bits per heavy atom. The van der Waals surface area contributed by atoms with Gasteiger partial charge < -0.3 is 15.6 Å². The van der Waals surface area contributed by atoms with E-state index in [1.807, 2.05) is 20.8 Å². The van der Waals surface area contributed by atoms with Gasteiger partial charge in [-0.1, -0.05) is 12.1 Å². The first-order valence-corrected chi connectivity index (χ1v) is 6.20. The highest BCUT2D eigenvalue weighted by Crippen LogP contribution is 2.16. The number of rotatable bonds is 1. The van der Waals surface area contributed by atoms with E-state index >= 15 is 0 Å². The molecule has 19 heavy (non-hydrogen) atoms. The van der Waals surface area contributed by atoms with Gasteiger partial charge in [-0.05, 0) is 53.7 Å². The number of ether oxygens (including phenoxy) is 1. The maximum absolute atomic E-state index is 11.6. The van der Waals surface area contributed by atoms with E-state index in [1.54, 1.807) is 45.0 Å². The van der Waals surface area contributed by atoms with Crippen LogP contribution >= 0.6 is 0 Å². The average Bonchev–Trinajstić information content (AvgIpc) is 2.12. The van der Waals surface area contributed by atoms with E-state index in [4.69, 9.17) is 15.6 Å². The molecule has 1 rings (SSSR count). The van der Waals surface area contributed by atoms with E-state index in [1.165, 1.54) is 0 Å². The van der Waals surface area contributed by atoms with Crippen LogP contribution < -0.4 is 5.73 Å². The number of carbonyl (C=O) groups excluding carboxylic acids is 1. The zero-order valence-corrected chi connectivity index (χ0v) is 12.7. The largest absolute Gasteiger partial charge is 0.456 e. The molecule has 108 valence electrons. The fraction of sp³-hybridized carbons (Fsp3) is 0.533. The van der Waals surface area contributed by atoms with Crippen molar-refractivity contribution < 1.29 is 14.6 Å². The normalized spacial score (nSPS) is 11.3. The van der Waals surface area contributed by atoms with Gasteiger partial charge in [0.1, 0.15) is 5.60 Å². The lowest BCUT2D eigenvalue weighted by molar-refractivity contribution is 0.00707. The van der Waals surface area contributed by atoms with Crippen molar-refractivity contribution in [3.63, 3.8) is 0 Å². The molecule has 0 aliphatic carbocycles. The Hall–Kier alpha value is -1.55. The first-order valence-electron chi connectivity index (χ1n) is 6.20. The second kappa shape index (κ2) is 6.57. The Morgan fingerprint density at radius 1 is 1.11 bits per heavy atom. The predicted molar refractivity (Wildman–Crippen MR) is 78.0 cm³/mol. The first kappa shape index (κ1) is 17.4. The van der Waals surface area contributed by atoms with Crippen molar-refractivity contribution in [2.45, 2.75) is 52.7 Å². The summed E-state index contributed by atoms with van der Waals surface area (Å²) < 4.78 is 5.19.